The van der Waals surface area contributed by atoms with Gasteiger partial charge in [-0.25, -0.2) is 4.99 Å². The van der Waals surface area contributed by atoms with Gasteiger partial charge in [-0.05, 0) is 63.2 Å². The van der Waals surface area contributed by atoms with Crippen molar-refractivity contribution in [1.29, 1.82) is 0 Å². The maximum Gasteiger partial charge on any atom is 0.271 e. The first-order chi connectivity index (χ1) is 19.3. The van der Waals surface area contributed by atoms with Crippen molar-refractivity contribution in [2.45, 2.75) is 36.8 Å². The highest BCUT2D eigenvalue weighted by Crippen LogP contribution is 2.36. The van der Waals surface area contributed by atoms with Crippen LogP contribution in [0.25, 0.3) is 6.08 Å². The van der Waals surface area contributed by atoms with E-state index in [1.807, 2.05) is 81.4 Å². The average Bonchev–Trinajstić information content (AvgIpc) is 3.52. The van der Waals surface area contributed by atoms with Crippen LogP contribution in [0, 0.1) is 0 Å². The van der Waals surface area contributed by atoms with Gasteiger partial charge in [-0.3, -0.25) is 14.2 Å². The maximum absolute atomic E-state index is 13.9. The Morgan fingerprint density at radius 2 is 1.88 bits per heavy atom. The SMILES string of the molecule is CCN(CC)C(=O)C1=C(C)N=c2s/c(=C/c3ccc(Sc4ccc(Cl)cc4)o3)c(=O)n2[C@H]1c1ccccc1OC. The van der Waals surface area contributed by atoms with Gasteiger partial charge in [0.2, 0.25) is 0 Å². The lowest BCUT2D eigenvalue weighted by molar-refractivity contribution is -0.127. The molecule has 1 amide bonds. The Bertz CT molecular complexity index is 1770. The van der Waals surface area contributed by atoms with Crippen LogP contribution in [0.4, 0.5) is 0 Å². The number of nitrogens with zero attached hydrogens (tertiary/aromatic N) is 3. The predicted molar refractivity (Wildman–Crippen MR) is 159 cm³/mol. The predicted octanol–water partition coefficient (Wildman–Crippen LogP) is 5.51. The summed E-state index contributed by atoms with van der Waals surface area (Å²) in [5, 5.41) is 1.36. The zero-order valence-electron chi connectivity index (χ0n) is 22.5. The summed E-state index contributed by atoms with van der Waals surface area (Å²) < 4.78 is 13.7. The summed E-state index contributed by atoms with van der Waals surface area (Å²) in [4.78, 5) is 35.7. The smallest absolute Gasteiger partial charge is 0.271 e. The molecule has 5 rings (SSSR count). The minimum atomic E-state index is -0.685. The molecule has 0 bridgehead atoms. The molecular weight excluding hydrogens is 566 g/mol. The van der Waals surface area contributed by atoms with Gasteiger partial charge in [0, 0.05) is 34.6 Å². The van der Waals surface area contributed by atoms with E-state index in [2.05, 4.69) is 0 Å². The number of hydrogen-bond donors (Lipinski definition) is 0. The van der Waals surface area contributed by atoms with Crippen molar-refractivity contribution >= 4 is 46.7 Å². The van der Waals surface area contributed by atoms with Crippen LogP contribution in [-0.4, -0.2) is 35.6 Å². The first kappa shape index (κ1) is 28.0. The molecule has 1 aliphatic rings. The summed E-state index contributed by atoms with van der Waals surface area (Å²) in [6.07, 6.45) is 1.72. The van der Waals surface area contributed by atoms with Crippen molar-refractivity contribution in [3.8, 4) is 5.75 Å². The number of thiazole rings is 1. The van der Waals surface area contributed by atoms with Crippen molar-refractivity contribution in [1.82, 2.24) is 9.47 Å². The van der Waals surface area contributed by atoms with Crippen LogP contribution in [0.1, 0.15) is 38.1 Å². The summed E-state index contributed by atoms with van der Waals surface area (Å²) in [6.45, 7) is 6.79. The molecule has 0 N–H and O–H groups in total. The maximum atomic E-state index is 13.9. The highest BCUT2D eigenvalue weighted by molar-refractivity contribution is 7.99. The number of halogens is 1. The van der Waals surface area contributed by atoms with E-state index in [1.54, 1.807) is 22.7 Å². The van der Waals surface area contributed by atoms with Crippen LogP contribution >= 0.6 is 34.7 Å². The van der Waals surface area contributed by atoms with Crippen LogP contribution in [0.5, 0.6) is 5.75 Å². The molecule has 0 radical (unpaired) electrons. The number of fused-ring (bicyclic) bond motifs is 1. The fourth-order valence-corrected chi connectivity index (χ4v) is 6.61. The molecule has 10 heteroatoms. The summed E-state index contributed by atoms with van der Waals surface area (Å²) in [5.74, 6) is 0.994. The minimum absolute atomic E-state index is 0.147. The highest BCUT2D eigenvalue weighted by atomic mass is 35.5. The number of allylic oxidation sites excluding steroid dienone is 1. The zero-order valence-corrected chi connectivity index (χ0v) is 24.9. The average molecular weight is 594 g/mol. The van der Waals surface area contributed by atoms with Crippen molar-refractivity contribution < 1.29 is 13.9 Å². The van der Waals surface area contributed by atoms with Gasteiger partial charge in [-0.2, -0.15) is 0 Å². The quantitative estimate of drug-likeness (QED) is 0.269. The fraction of sp³-hybridized carbons (Fsp3) is 0.233. The monoisotopic (exact) mass is 593 g/mol. The third-order valence-corrected chi connectivity index (χ3v) is 8.81. The number of hydrogen-bond acceptors (Lipinski definition) is 7. The van der Waals surface area contributed by atoms with E-state index in [0.717, 1.165) is 10.5 Å². The van der Waals surface area contributed by atoms with E-state index in [0.29, 0.717) is 55.3 Å². The molecule has 1 aliphatic heterocycles. The normalized spacial score (nSPS) is 15.1. The first-order valence-electron chi connectivity index (χ1n) is 12.8. The molecule has 0 aliphatic carbocycles. The van der Waals surface area contributed by atoms with Crippen LogP contribution in [0.2, 0.25) is 5.02 Å². The van der Waals surface area contributed by atoms with Crippen molar-refractivity contribution in [2.24, 2.45) is 4.99 Å². The van der Waals surface area contributed by atoms with E-state index >= 15 is 0 Å². The minimum Gasteiger partial charge on any atom is -0.496 e. The second kappa shape index (κ2) is 11.9. The largest absolute Gasteiger partial charge is 0.496 e. The number of benzene rings is 2. The van der Waals surface area contributed by atoms with E-state index in [4.69, 9.17) is 25.7 Å². The Morgan fingerprint density at radius 1 is 1.15 bits per heavy atom. The number of likely N-dealkylation sites (N-methyl/N-ethyl adjacent to an activating group) is 1. The van der Waals surface area contributed by atoms with Gasteiger partial charge in [0.1, 0.15) is 17.6 Å². The Kier molecular flexibility index (Phi) is 8.35. The second-order valence-electron chi connectivity index (χ2n) is 9.01. The third-order valence-electron chi connectivity index (χ3n) is 6.64. The van der Waals surface area contributed by atoms with Crippen LogP contribution in [0.15, 0.2) is 96.1 Å². The topological polar surface area (TPSA) is 77.0 Å². The number of furan rings is 1. The van der Waals surface area contributed by atoms with Gasteiger partial charge in [0.25, 0.3) is 11.5 Å². The molecule has 7 nitrogen and oxygen atoms in total. The van der Waals surface area contributed by atoms with Gasteiger partial charge in [0.15, 0.2) is 9.89 Å². The lowest BCUT2D eigenvalue weighted by Gasteiger charge is -2.29. The summed E-state index contributed by atoms with van der Waals surface area (Å²) in [5.41, 5.74) is 1.52. The molecule has 0 fully saturated rings. The Balaban J connectivity index is 1.61. The molecule has 0 unspecified atom stereocenters. The van der Waals surface area contributed by atoms with Gasteiger partial charge >= 0.3 is 0 Å². The van der Waals surface area contributed by atoms with E-state index in [9.17, 15) is 9.59 Å². The highest BCUT2D eigenvalue weighted by Gasteiger charge is 2.35. The molecule has 40 heavy (non-hydrogen) atoms. The molecule has 1 atom stereocenters. The van der Waals surface area contributed by atoms with E-state index in [-0.39, 0.29) is 11.5 Å². The standard InChI is InChI=1S/C30H28ClN3O4S2/c1-5-33(6-2)29(36)26-18(3)32-30-34(27(26)22-9-7-8-10-23(22)37-4)28(35)24(40-30)17-20-13-16-25(38-20)39-21-14-11-19(31)12-15-21/h7-17,27H,5-6H2,1-4H3/b24-17+/t27-/m0/s1. The second-order valence-corrected chi connectivity index (χ2v) is 11.5. The number of ether oxygens (including phenoxy) is 1. The van der Waals surface area contributed by atoms with Crippen molar-refractivity contribution in [3.05, 3.63) is 108 Å². The van der Waals surface area contributed by atoms with Gasteiger partial charge in [-0.15, -0.1) is 0 Å². The fourth-order valence-electron chi connectivity index (χ4n) is 4.68. The molecule has 0 spiro atoms. The lowest BCUT2D eigenvalue weighted by Crippen LogP contribution is -2.43. The molecule has 0 saturated heterocycles. The molecular formula is C30H28ClN3O4S2. The molecule has 3 heterocycles. The van der Waals surface area contributed by atoms with Gasteiger partial charge < -0.3 is 14.1 Å². The Hall–Kier alpha value is -3.53. The number of carbonyl (C=O) groups is 1. The van der Waals surface area contributed by atoms with Crippen molar-refractivity contribution in [3.63, 3.8) is 0 Å². The summed E-state index contributed by atoms with van der Waals surface area (Å²) >= 11 is 8.72. The number of rotatable bonds is 8. The van der Waals surface area contributed by atoms with E-state index in [1.165, 1.54) is 23.1 Å². The Morgan fingerprint density at radius 3 is 2.58 bits per heavy atom. The number of amides is 1. The molecule has 206 valence electrons. The molecule has 4 aromatic rings. The van der Waals surface area contributed by atoms with Gasteiger partial charge in [0.05, 0.1) is 22.9 Å². The van der Waals surface area contributed by atoms with Crippen LogP contribution in [0.3, 0.4) is 0 Å². The van der Waals surface area contributed by atoms with Crippen molar-refractivity contribution in [2.75, 3.05) is 20.2 Å². The molecule has 2 aromatic carbocycles. The zero-order chi connectivity index (χ0) is 28.4. The van der Waals surface area contributed by atoms with Crippen LogP contribution in [-0.2, 0) is 4.79 Å². The first-order valence-corrected chi connectivity index (χ1v) is 14.8. The number of aromatic nitrogens is 1. The third kappa shape index (κ3) is 5.41. The van der Waals surface area contributed by atoms with Gasteiger partial charge in [-0.1, -0.05) is 52.9 Å². The molecule has 0 saturated carbocycles. The van der Waals surface area contributed by atoms with E-state index < -0.39 is 6.04 Å². The number of carbonyl (C=O) groups excluding carboxylic acids is 1. The molecule has 2 aromatic heterocycles. The number of para-hydroxylation sites is 1. The summed E-state index contributed by atoms with van der Waals surface area (Å²) in [7, 11) is 1.58. The summed E-state index contributed by atoms with van der Waals surface area (Å²) in [6, 6.07) is 18.0. The number of methoxy groups -OCH3 is 1. The lowest BCUT2D eigenvalue weighted by atomic mass is 9.94. The Labute approximate surface area is 245 Å². The van der Waals surface area contributed by atoms with Crippen LogP contribution < -0.4 is 19.6 Å².